The summed E-state index contributed by atoms with van der Waals surface area (Å²) >= 11 is 6.41. The lowest BCUT2D eigenvalue weighted by Crippen LogP contribution is -2.30. The van der Waals surface area contributed by atoms with Crippen molar-refractivity contribution >= 4 is 29.7 Å². The molecule has 0 aliphatic carbocycles. The lowest BCUT2D eigenvalue weighted by atomic mass is 10.2. The molecule has 2 rings (SSSR count). The molecule has 4 nitrogen and oxygen atoms in total. The zero-order chi connectivity index (χ0) is 12.3. The van der Waals surface area contributed by atoms with Crippen LogP contribution in [0.5, 0.6) is 0 Å². The van der Waals surface area contributed by atoms with Crippen LogP contribution in [0.15, 0.2) is 30.5 Å². The average molecular weight is 267 g/mol. The quantitative estimate of drug-likeness (QED) is 0.527. The predicted molar refractivity (Wildman–Crippen MR) is 67.0 cm³/mol. The number of hydrogen-bond acceptors (Lipinski definition) is 4. The molecular weight excluding hydrogens is 256 g/mol. The van der Waals surface area contributed by atoms with Gasteiger partial charge in [0, 0.05) is 23.7 Å². The molecule has 0 spiro atoms. The first kappa shape index (κ1) is 11.9. The Morgan fingerprint density at radius 1 is 1.47 bits per heavy atom. The number of H-pyrrole nitrogens is 1. The molecule has 2 aromatic rings. The number of ether oxygens (including phenoxy) is 1. The Labute approximate surface area is 108 Å². The molecule has 17 heavy (non-hydrogen) atoms. The molecule has 0 saturated carbocycles. The maximum absolute atomic E-state index is 11.4. The van der Waals surface area contributed by atoms with Gasteiger partial charge in [-0.15, -0.1) is 4.49 Å². The van der Waals surface area contributed by atoms with Crippen LogP contribution < -0.4 is 4.68 Å². The second-order valence-electron chi connectivity index (χ2n) is 3.28. The number of nitrogens with one attached hydrogen (secondary N) is 1. The zero-order valence-corrected chi connectivity index (χ0v) is 10.8. The van der Waals surface area contributed by atoms with E-state index in [-0.39, 0.29) is 5.97 Å². The van der Waals surface area contributed by atoms with E-state index in [0.29, 0.717) is 12.2 Å². The minimum atomic E-state index is -0.303. The summed E-state index contributed by atoms with van der Waals surface area (Å²) in [6, 6.07) is 7.14. The molecule has 1 N–H and O–H groups in total. The van der Waals surface area contributed by atoms with E-state index in [0.717, 1.165) is 9.51 Å². The number of hydrogen-bond donors (Lipinski definition) is 1. The Bertz CT molecular complexity index is 572. The van der Waals surface area contributed by atoms with E-state index in [4.69, 9.17) is 17.0 Å². The zero-order valence-electron chi connectivity index (χ0n) is 9.17. The van der Waals surface area contributed by atoms with E-state index < -0.39 is 0 Å². The van der Waals surface area contributed by atoms with Gasteiger partial charge in [0.2, 0.25) is 11.9 Å². The van der Waals surface area contributed by atoms with E-state index in [1.54, 1.807) is 19.1 Å². The maximum Gasteiger partial charge on any atom is 0.338 e. The van der Waals surface area contributed by atoms with Gasteiger partial charge in [0.25, 0.3) is 0 Å². The largest absolute Gasteiger partial charge is 0.462 e. The first-order valence-electron chi connectivity index (χ1n) is 5.08. The molecule has 0 unspecified atom stereocenters. The maximum atomic E-state index is 11.4. The van der Waals surface area contributed by atoms with Crippen LogP contribution >= 0.6 is 23.8 Å². The summed E-state index contributed by atoms with van der Waals surface area (Å²) in [4.78, 5) is 11.4. The van der Waals surface area contributed by atoms with E-state index in [1.807, 2.05) is 23.0 Å². The van der Waals surface area contributed by atoms with E-state index in [2.05, 4.69) is 4.49 Å². The molecule has 0 atom stereocenters. The van der Waals surface area contributed by atoms with Gasteiger partial charge in [-0.25, -0.2) is 4.79 Å². The summed E-state index contributed by atoms with van der Waals surface area (Å²) in [6.45, 7) is 2.17. The first-order chi connectivity index (χ1) is 8.20. The fourth-order valence-corrected chi connectivity index (χ4v) is 2.07. The standard InChI is InChI=1S/C11H10N2O2S2/c1-2-15-11(14)8-3-5-9(6-4-8)13-7-10(16)17-12-13/h3-7H,2H2,1H3/p+1. The van der Waals surface area contributed by atoms with Crippen LogP contribution in [0.4, 0.5) is 0 Å². The third-order valence-electron chi connectivity index (χ3n) is 2.14. The van der Waals surface area contributed by atoms with Crippen molar-refractivity contribution in [3.8, 4) is 5.69 Å². The third-order valence-corrected chi connectivity index (χ3v) is 3.09. The minimum Gasteiger partial charge on any atom is -0.462 e. The second kappa shape index (κ2) is 5.20. The summed E-state index contributed by atoms with van der Waals surface area (Å²) in [6.07, 6.45) is 1.82. The topological polar surface area (TPSA) is 46.0 Å². The van der Waals surface area contributed by atoms with Gasteiger partial charge >= 0.3 is 5.97 Å². The summed E-state index contributed by atoms with van der Waals surface area (Å²) < 4.78 is 10.5. The molecule has 1 heterocycles. The SMILES string of the molecule is CCOC(=O)c1ccc(-[n+]2cc(=S)s[nH]2)cc1. The number of benzene rings is 1. The number of carbonyl (C=O) groups excluding carboxylic acids is 1. The Balaban J connectivity index is 2.24. The Morgan fingerprint density at radius 3 is 2.71 bits per heavy atom. The summed E-state index contributed by atoms with van der Waals surface area (Å²) in [7, 11) is 0. The van der Waals surface area contributed by atoms with Gasteiger partial charge in [-0.05, 0) is 19.1 Å². The molecule has 88 valence electrons. The van der Waals surface area contributed by atoms with Crippen LogP contribution in [0.1, 0.15) is 17.3 Å². The van der Waals surface area contributed by atoms with Crippen LogP contribution in [-0.4, -0.2) is 17.1 Å². The summed E-state index contributed by atoms with van der Waals surface area (Å²) in [5.41, 5.74) is 1.47. The average Bonchev–Trinajstić information content (AvgIpc) is 2.76. The van der Waals surface area contributed by atoms with Crippen LogP contribution in [0.2, 0.25) is 0 Å². The molecule has 0 amide bonds. The van der Waals surface area contributed by atoms with E-state index >= 15 is 0 Å². The Morgan fingerprint density at radius 2 is 2.18 bits per heavy atom. The van der Waals surface area contributed by atoms with Gasteiger partial charge in [0.05, 0.1) is 12.2 Å². The summed E-state index contributed by atoms with van der Waals surface area (Å²) in [5.74, 6) is -0.303. The van der Waals surface area contributed by atoms with Gasteiger partial charge in [-0.3, -0.25) is 0 Å². The van der Waals surface area contributed by atoms with Crippen molar-refractivity contribution in [1.82, 2.24) is 4.49 Å². The van der Waals surface area contributed by atoms with Crippen molar-refractivity contribution < 1.29 is 14.2 Å². The number of esters is 1. The van der Waals surface area contributed by atoms with E-state index in [9.17, 15) is 4.79 Å². The van der Waals surface area contributed by atoms with Crippen LogP contribution in [0.3, 0.4) is 0 Å². The van der Waals surface area contributed by atoms with Crippen molar-refractivity contribution in [2.45, 2.75) is 6.92 Å². The van der Waals surface area contributed by atoms with Gasteiger partial charge in [-0.1, -0.05) is 16.9 Å². The highest BCUT2D eigenvalue weighted by molar-refractivity contribution is 7.73. The summed E-state index contributed by atoms with van der Waals surface area (Å²) in [5, 5.41) is 0. The van der Waals surface area contributed by atoms with Crippen molar-refractivity contribution in [2.24, 2.45) is 0 Å². The van der Waals surface area contributed by atoms with Gasteiger partial charge in [0.15, 0.2) is 3.82 Å². The van der Waals surface area contributed by atoms with Gasteiger partial charge in [0.1, 0.15) is 0 Å². The highest BCUT2D eigenvalue weighted by Crippen LogP contribution is 2.06. The molecule has 0 aliphatic heterocycles. The smallest absolute Gasteiger partial charge is 0.338 e. The van der Waals surface area contributed by atoms with Crippen molar-refractivity contribution in [3.63, 3.8) is 0 Å². The van der Waals surface area contributed by atoms with Crippen molar-refractivity contribution in [3.05, 3.63) is 39.8 Å². The highest BCUT2D eigenvalue weighted by Gasteiger charge is 2.10. The van der Waals surface area contributed by atoms with E-state index in [1.165, 1.54) is 11.5 Å². The number of aromatic amines is 1. The van der Waals surface area contributed by atoms with Crippen molar-refractivity contribution in [1.29, 1.82) is 0 Å². The monoisotopic (exact) mass is 267 g/mol. The highest BCUT2D eigenvalue weighted by atomic mass is 32.2. The van der Waals surface area contributed by atoms with Crippen molar-refractivity contribution in [2.75, 3.05) is 6.61 Å². The van der Waals surface area contributed by atoms with Crippen LogP contribution in [-0.2, 0) is 4.74 Å². The molecular formula is C11H11N2O2S2+. The molecule has 6 heteroatoms. The molecule has 0 saturated heterocycles. The first-order valence-corrected chi connectivity index (χ1v) is 6.31. The number of rotatable bonds is 3. The molecule has 1 aromatic heterocycles. The molecule has 1 aromatic carbocycles. The second-order valence-corrected chi connectivity index (χ2v) is 4.80. The third kappa shape index (κ3) is 2.78. The fourth-order valence-electron chi connectivity index (χ4n) is 1.35. The fraction of sp³-hybridized carbons (Fsp3) is 0.182. The normalized spacial score (nSPS) is 10.2. The van der Waals surface area contributed by atoms with Crippen LogP contribution in [0.25, 0.3) is 5.69 Å². The Kier molecular flexibility index (Phi) is 3.65. The lowest BCUT2D eigenvalue weighted by Gasteiger charge is -2.00. The molecule has 0 aliphatic rings. The number of carbonyl (C=O) groups is 1. The van der Waals surface area contributed by atoms with Gasteiger partial charge < -0.3 is 4.74 Å². The number of aromatic nitrogens is 2. The van der Waals surface area contributed by atoms with Crippen LogP contribution in [0, 0.1) is 3.82 Å². The predicted octanol–water partition coefficient (Wildman–Crippen LogP) is 2.26. The molecule has 0 bridgehead atoms. The number of nitrogens with zero attached hydrogens (tertiary/aromatic N) is 1. The lowest BCUT2D eigenvalue weighted by molar-refractivity contribution is -0.651. The minimum absolute atomic E-state index is 0.303. The molecule has 0 fully saturated rings. The molecule has 0 radical (unpaired) electrons. The Hall–Kier alpha value is -1.53. The van der Waals surface area contributed by atoms with Gasteiger partial charge in [-0.2, -0.15) is 0 Å².